The second kappa shape index (κ2) is 4.50. The van der Waals surface area contributed by atoms with Crippen molar-refractivity contribution in [1.82, 2.24) is 15.4 Å². The van der Waals surface area contributed by atoms with Gasteiger partial charge in [0, 0.05) is 6.42 Å². The number of rotatable bonds is 3. The van der Waals surface area contributed by atoms with Gasteiger partial charge in [0.15, 0.2) is 0 Å². The third kappa shape index (κ3) is 2.49. The maximum Gasteiger partial charge on any atom is 0.118 e. The van der Waals surface area contributed by atoms with Crippen LogP contribution in [0.2, 0.25) is 0 Å². The lowest BCUT2D eigenvalue weighted by molar-refractivity contribution is 0.414. The molecule has 1 aromatic heterocycles. The highest BCUT2D eigenvalue weighted by Crippen LogP contribution is 2.13. The van der Waals surface area contributed by atoms with Crippen LogP contribution < -0.4 is 4.74 Å². The summed E-state index contributed by atoms with van der Waals surface area (Å²) >= 11 is 0. The number of ether oxygens (including phenoxy) is 1. The fraction of sp³-hybridized carbons (Fsp3) is 0.182. The highest BCUT2D eigenvalue weighted by atomic mass is 16.5. The predicted molar refractivity (Wildman–Crippen MR) is 55.6 cm³/mol. The lowest BCUT2D eigenvalue weighted by atomic mass is 10.1. The molecule has 15 heavy (non-hydrogen) atoms. The Morgan fingerprint density at radius 2 is 1.93 bits per heavy atom. The molecule has 4 nitrogen and oxygen atoms in total. The van der Waals surface area contributed by atoms with Crippen LogP contribution in [0.15, 0.2) is 36.5 Å². The van der Waals surface area contributed by atoms with E-state index in [0.29, 0.717) is 0 Å². The van der Waals surface area contributed by atoms with Crippen LogP contribution in [0, 0.1) is 0 Å². The quantitative estimate of drug-likeness (QED) is 0.754. The summed E-state index contributed by atoms with van der Waals surface area (Å²) in [7, 11) is 1.66. The second-order valence-electron chi connectivity index (χ2n) is 3.14. The molecule has 0 unspecified atom stereocenters. The molecule has 0 aliphatic heterocycles. The first-order valence-electron chi connectivity index (χ1n) is 4.64. The van der Waals surface area contributed by atoms with Crippen molar-refractivity contribution in [3.63, 3.8) is 0 Å². The topological polar surface area (TPSA) is 47.9 Å². The number of hydrogen-bond acceptors (Lipinski definition) is 4. The highest BCUT2D eigenvalue weighted by molar-refractivity contribution is 5.29. The van der Waals surface area contributed by atoms with Gasteiger partial charge in [0.25, 0.3) is 0 Å². The zero-order valence-corrected chi connectivity index (χ0v) is 8.42. The lowest BCUT2D eigenvalue weighted by Crippen LogP contribution is -1.95. The zero-order valence-electron chi connectivity index (χ0n) is 8.42. The van der Waals surface area contributed by atoms with Crippen molar-refractivity contribution in [1.29, 1.82) is 0 Å². The molecule has 0 saturated heterocycles. The van der Waals surface area contributed by atoms with Crippen molar-refractivity contribution in [3.8, 4) is 5.75 Å². The van der Waals surface area contributed by atoms with E-state index in [1.54, 1.807) is 13.3 Å². The summed E-state index contributed by atoms with van der Waals surface area (Å²) in [4.78, 5) is 0. The van der Waals surface area contributed by atoms with Crippen molar-refractivity contribution in [2.24, 2.45) is 0 Å². The minimum Gasteiger partial charge on any atom is -0.497 e. The highest BCUT2D eigenvalue weighted by Gasteiger charge is 1.98. The fourth-order valence-corrected chi connectivity index (χ4v) is 1.31. The third-order valence-electron chi connectivity index (χ3n) is 2.10. The molecule has 0 amide bonds. The second-order valence-corrected chi connectivity index (χ2v) is 3.14. The van der Waals surface area contributed by atoms with Crippen LogP contribution in [0.3, 0.4) is 0 Å². The largest absolute Gasteiger partial charge is 0.497 e. The Balaban J connectivity index is 2.11. The maximum atomic E-state index is 5.08. The summed E-state index contributed by atoms with van der Waals surface area (Å²) in [5, 5.41) is 11.1. The standard InChI is InChI=1S/C11H11N3O/c1-15-11-4-2-9(3-5-11)8-10-6-7-12-14-13-10/h2-7H,8H2,1H3. The fourth-order valence-electron chi connectivity index (χ4n) is 1.31. The van der Waals surface area contributed by atoms with Gasteiger partial charge in [-0.05, 0) is 29.0 Å². The Morgan fingerprint density at radius 3 is 2.53 bits per heavy atom. The van der Waals surface area contributed by atoms with E-state index in [1.807, 2.05) is 30.3 Å². The molecular formula is C11H11N3O. The first-order valence-corrected chi connectivity index (χ1v) is 4.64. The molecular weight excluding hydrogens is 190 g/mol. The molecule has 0 bridgehead atoms. The molecule has 0 aliphatic rings. The van der Waals surface area contributed by atoms with Gasteiger partial charge in [0.05, 0.1) is 19.0 Å². The van der Waals surface area contributed by atoms with Crippen LogP contribution in [0.25, 0.3) is 0 Å². The van der Waals surface area contributed by atoms with Gasteiger partial charge in [-0.15, -0.1) is 10.2 Å². The Bertz CT molecular complexity index is 414. The minimum atomic E-state index is 0.763. The molecule has 2 rings (SSSR count). The van der Waals surface area contributed by atoms with Crippen LogP contribution in [-0.4, -0.2) is 22.5 Å². The van der Waals surface area contributed by atoms with E-state index >= 15 is 0 Å². The van der Waals surface area contributed by atoms with Crippen molar-refractivity contribution < 1.29 is 4.74 Å². The number of aromatic nitrogens is 3. The van der Waals surface area contributed by atoms with Crippen molar-refractivity contribution in [2.45, 2.75) is 6.42 Å². The Labute approximate surface area is 87.9 Å². The van der Waals surface area contributed by atoms with E-state index in [4.69, 9.17) is 4.74 Å². The SMILES string of the molecule is COc1ccc(Cc2ccnnn2)cc1. The lowest BCUT2D eigenvalue weighted by Gasteiger charge is -2.02. The van der Waals surface area contributed by atoms with Gasteiger partial charge in [0.2, 0.25) is 0 Å². The van der Waals surface area contributed by atoms with Crippen LogP contribution in [0.5, 0.6) is 5.75 Å². The smallest absolute Gasteiger partial charge is 0.118 e. The van der Waals surface area contributed by atoms with Gasteiger partial charge in [-0.3, -0.25) is 0 Å². The van der Waals surface area contributed by atoms with E-state index in [2.05, 4.69) is 15.4 Å². The van der Waals surface area contributed by atoms with Gasteiger partial charge in [-0.1, -0.05) is 12.1 Å². The molecule has 0 saturated carbocycles. The number of benzene rings is 1. The average Bonchev–Trinajstić information content (AvgIpc) is 2.31. The van der Waals surface area contributed by atoms with E-state index < -0.39 is 0 Å². The molecule has 0 atom stereocenters. The Kier molecular flexibility index (Phi) is 2.88. The number of nitrogens with zero attached hydrogens (tertiary/aromatic N) is 3. The molecule has 76 valence electrons. The zero-order chi connectivity index (χ0) is 10.5. The summed E-state index contributed by atoms with van der Waals surface area (Å²) in [5.74, 6) is 0.861. The first-order chi connectivity index (χ1) is 7.38. The summed E-state index contributed by atoms with van der Waals surface area (Å²) < 4.78 is 5.08. The molecule has 0 spiro atoms. The molecule has 4 heteroatoms. The van der Waals surface area contributed by atoms with E-state index in [0.717, 1.165) is 17.9 Å². The summed E-state index contributed by atoms with van der Waals surface area (Å²) in [6.07, 6.45) is 2.41. The van der Waals surface area contributed by atoms with E-state index in [-0.39, 0.29) is 0 Å². The number of hydrogen-bond donors (Lipinski definition) is 0. The van der Waals surface area contributed by atoms with Gasteiger partial charge in [-0.2, -0.15) is 0 Å². The maximum absolute atomic E-state index is 5.08. The molecule has 0 fully saturated rings. The van der Waals surface area contributed by atoms with Crippen molar-refractivity contribution in [2.75, 3.05) is 7.11 Å². The van der Waals surface area contributed by atoms with Crippen LogP contribution in [0.1, 0.15) is 11.3 Å². The van der Waals surface area contributed by atoms with Gasteiger partial charge < -0.3 is 4.74 Å². The van der Waals surface area contributed by atoms with E-state index in [1.165, 1.54) is 5.56 Å². The molecule has 1 aromatic carbocycles. The van der Waals surface area contributed by atoms with Gasteiger partial charge in [0.1, 0.15) is 5.75 Å². The molecule has 1 heterocycles. The Morgan fingerprint density at radius 1 is 1.13 bits per heavy atom. The number of methoxy groups -OCH3 is 1. The minimum absolute atomic E-state index is 0.763. The van der Waals surface area contributed by atoms with Gasteiger partial charge >= 0.3 is 0 Å². The van der Waals surface area contributed by atoms with Crippen LogP contribution >= 0.6 is 0 Å². The normalized spacial score (nSPS) is 9.93. The van der Waals surface area contributed by atoms with Crippen LogP contribution in [0.4, 0.5) is 0 Å². The van der Waals surface area contributed by atoms with Crippen molar-refractivity contribution in [3.05, 3.63) is 47.8 Å². The summed E-state index contributed by atoms with van der Waals surface area (Å²) in [5.41, 5.74) is 2.09. The molecule has 2 aromatic rings. The van der Waals surface area contributed by atoms with E-state index in [9.17, 15) is 0 Å². The average molecular weight is 201 g/mol. The first kappa shape index (κ1) is 9.58. The van der Waals surface area contributed by atoms with Crippen LogP contribution in [-0.2, 0) is 6.42 Å². The third-order valence-corrected chi connectivity index (χ3v) is 2.10. The van der Waals surface area contributed by atoms with Crippen molar-refractivity contribution >= 4 is 0 Å². The molecule has 0 aliphatic carbocycles. The summed E-state index contributed by atoms with van der Waals surface area (Å²) in [6.45, 7) is 0. The molecule has 0 radical (unpaired) electrons. The predicted octanol–water partition coefficient (Wildman–Crippen LogP) is 1.47. The molecule has 0 N–H and O–H groups in total. The Hall–Kier alpha value is -1.97. The van der Waals surface area contributed by atoms with Gasteiger partial charge in [-0.25, -0.2) is 0 Å². The monoisotopic (exact) mass is 201 g/mol. The summed E-state index contributed by atoms with van der Waals surface area (Å²) in [6, 6.07) is 9.76.